The second-order valence-corrected chi connectivity index (χ2v) is 5.85. The molecule has 104 valence electrons. The van der Waals surface area contributed by atoms with Gasteiger partial charge in [-0.25, -0.2) is 9.50 Å². The monoisotopic (exact) mass is 270 g/mol. The maximum atomic E-state index is 4.61. The molecule has 20 heavy (non-hydrogen) atoms. The first kappa shape index (κ1) is 12.7. The minimum absolute atomic E-state index is 0.0217. The Labute approximate surface area is 117 Å². The van der Waals surface area contributed by atoms with Crippen LogP contribution in [0.25, 0.3) is 5.52 Å². The van der Waals surface area contributed by atoms with E-state index in [9.17, 15) is 0 Å². The molecule has 0 saturated carbocycles. The Hall–Kier alpha value is -2.37. The van der Waals surface area contributed by atoms with Crippen LogP contribution in [0.15, 0.2) is 30.9 Å². The van der Waals surface area contributed by atoms with Gasteiger partial charge in [-0.2, -0.15) is 10.2 Å². The zero-order chi connectivity index (χ0) is 14.2. The lowest BCUT2D eigenvalue weighted by Gasteiger charge is -2.13. The van der Waals surface area contributed by atoms with Gasteiger partial charge in [-0.1, -0.05) is 20.8 Å². The molecule has 0 bridgehead atoms. The summed E-state index contributed by atoms with van der Waals surface area (Å²) in [7, 11) is 0. The van der Waals surface area contributed by atoms with Crippen molar-refractivity contribution in [2.45, 2.75) is 32.7 Å². The van der Waals surface area contributed by atoms with Gasteiger partial charge < -0.3 is 5.32 Å². The van der Waals surface area contributed by atoms with Crippen LogP contribution in [0.5, 0.6) is 0 Å². The van der Waals surface area contributed by atoms with Gasteiger partial charge in [0.2, 0.25) is 0 Å². The van der Waals surface area contributed by atoms with Crippen LogP contribution in [0.4, 0.5) is 5.82 Å². The molecule has 3 rings (SSSR count). The second kappa shape index (κ2) is 4.63. The maximum Gasteiger partial charge on any atom is 0.152 e. The Bertz CT molecular complexity index is 705. The van der Waals surface area contributed by atoms with Crippen molar-refractivity contribution in [1.29, 1.82) is 0 Å². The molecule has 3 heterocycles. The summed E-state index contributed by atoms with van der Waals surface area (Å²) in [5.74, 6) is 0.830. The smallest absolute Gasteiger partial charge is 0.152 e. The fourth-order valence-corrected chi connectivity index (χ4v) is 1.98. The van der Waals surface area contributed by atoms with Crippen LogP contribution in [0.1, 0.15) is 32.0 Å². The summed E-state index contributed by atoms with van der Waals surface area (Å²) in [5.41, 5.74) is 3.15. The molecule has 0 unspecified atom stereocenters. The van der Waals surface area contributed by atoms with E-state index < -0.39 is 0 Å². The lowest BCUT2D eigenvalue weighted by molar-refractivity contribution is 0.562. The van der Waals surface area contributed by atoms with Gasteiger partial charge in [0.1, 0.15) is 5.52 Å². The van der Waals surface area contributed by atoms with Crippen molar-refractivity contribution in [2.75, 3.05) is 5.32 Å². The van der Waals surface area contributed by atoms with E-state index in [2.05, 4.69) is 52.4 Å². The molecule has 0 aliphatic heterocycles. The number of aromatic amines is 1. The highest BCUT2D eigenvalue weighted by Crippen LogP contribution is 2.24. The van der Waals surface area contributed by atoms with Crippen molar-refractivity contribution in [3.63, 3.8) is 0 Å². The van der Waals surface area contributed by atoms with E-state index in [1.807, 2.05) is 16.9 Å². The van der Waals surface area contributed by atoms with E-state index in [-0.39, 0.29) is 5.41 Å². The number of hydrogen-bond acceptors (Lipinski definition) is 4. The van der Waals surface area contributed by atoms with Crippen molar-refractivity contribution >= 4 is 11.3 Å². The predicted octanol–water partition coefficient (Wildman–Crippen LogP) is 2.36. The molecule has 0 atom stereocenters. The first-order chi connectivity index (χ1) is 9.54. The van der Waals surface area contributed by atoms with E-state index in [4.69, 9.17) is 0 Å². The van der Waals surface area contributed by atoms with Crippen molar-refractivity contribution < 1.29 is 0 Å². The lowest BCUT2D eigenvalue weighted by Crippen LogP contribution is -2.11. The van der Waals surface area contributed by atoms with Gasteiger partial charge >= 0.3 is 0 Å². The predicted molar refractivity (Wildman–Crippen MR) is 77.6 cm³/mol. The van der Waals surface area contributed by atoms with Crippen LogP contribution in [0.3, 0.4) is 0 Å². The molecule has 3 aromatic rings. The number of nitrogens with zero attached hydrogens (tertiary/aromatic N) is 4. The first-order valence-corrected chi connectivity index (χ1v) is 6.60. The zero-order valence-electron chi connectivity index (χ0n) is 11.9. The fraction of sp³-hybridized carbons (Fsp3) is 0.357. The number of anilines is 1. The second-order valence-electron chi connectivity index (χ2n) is 5.85. The topological polar surface area (TPSA) is 70.9 Å². The van der Waals surface area contributed by atoms with E-state index in [1.165, 1.54) is 0 Å². The van der Waals surface area contributed by atoms with Gasteiger partial charge in [0.15, 0.2) is 5.82 Å². The Morgan fingerprint density at radius 2 is 2.20 bits per heavy atom. The minimum atomic E-state index is 0.0217. The zero-order valence-corrected chi connectivity index (χ0v) is 11.9. The molecule has 0 saturated heterocycles. The van der Waals surface area contributed by atoms with Crippen molar-refractivity contribution in [2.24, 2.45) is 0 Å². The molecule has 0 fully saturated rings. The van der Waals surface area contributed by atoms with E-state index in [0.29, 0.717) is 6.54 Å². The highest BCUT2D eigenvalue weighted by Gasteiger charge is 2.18. The average Bonchev–Trinajstić information content (AvgIpc) is 3.04. The SMILES string of the molecule is CC(C)(C)c1cc2c(NCc3cn[nH]c3)nccn2n1. The van der Waals surface area contributed by atoms with Gasteiger partial charge in [0, 0.05) is 36.1 Å². The Morgan fingerprint density at radius 1 is 1.35 bits per heavy atom. The molecule has 6 nitrogen and oxygen atoms in total. The lowest BCUT2D eigenvalue weighted by atomic mass is 9.92. The third kappa shape index (κ3) is 2.36. The maximum absolute atomic E-state index is 4.61. The Balaban J connectivity index is 1.92. The highest BCUT2D eigenvalue weighted by atomic mass is 15.2. The van der Waals surface area contributed by atoms with Gasteiger partial charge in [-0.3, -0.25) is 5.10 Å². The number of nitrogens with one attached hydrogen (secondary N) is 2. The molecule has 6 heteroatoms. The fourth-order valence-electron chi connectivity index (χ4n) is 1.98. The normalized spacial score (nSPS) is 11.9. The van der Waals surface area contributed by atoms with Crippen LogP contribution < -0.4 is 5.32 Å². The molecular weight excluding hydrogens is 252 g/mol. The van der Waals surface area contributed by atoms with Crippen LogP contribution >= 0.6 is 0 Å². The number of H-pyrrole nitrogens is 1. The van der Waals surface area contributed by atoms with Crippen molar-refractivity contribution in [1.82, 2.24) is 24.8 Å². The summed E-state index contributed by atoms with van der Waals surface area (Å²) < 4.78 is 1.87. The van der Waals surface area contributed by atoms with Gasteiger partial charge in [-0.15, -0.1) is 0 Å². The number of aromatic nitrogens is 5. The minimum Gasteiger partial charge on any atom is -0.364 e. The van der Waals surface area contributed by atoms with E-state index in [0.717, 1.165) is 22.6 Å². The molecule has 0 aliphatic rings. The standard InChI is InChI=1S/C14H18N6/c1-14(2,3)12-6-11-13(15-4-5-20(11)19-12)16-7-10-8-17-18-9-10/h4-6,8-9H,7H2,1-3H3,(H,15,16)(H,17,18). The van der Waals surface area contributed by atoms with Gasteiger partial charge in [-0.05, 0) is 6.07 Å². The molecule has 0 aliphatic carbocycles. The number of rotatable bonds is 3. The van der Waals surface area contributed by atoms with Crippen LogP contribution in [0.2, 0.25) is 0 Å². The van der Waals surface area contributed by atoms with E-state index in [1.54, 1.807) is 12.4 Å². The molecule has 0 aromatic carbocycles. The van der Waals surface area contributed by atoms with E-state index >= 15 is 0 Å². The van der Waals surface area contributed by atoms with Gasteiger partial charge in [0.25, 0.3) is 0 Å². The van der Waals surface area contributed by atoms with Crippen LogP contribution in [0, 0.1) is 0 Å². The molecule has 0 spiro atoms. The third-order valence-electron chi connectivity index (χ3n) is 3.17. The molecule has 0 radical (unpaired) electrons. The summed E-state index contributed by atoms with van der Waals surface area (Å²) in [5, 5.41) is 14.7. The highest BCUT2D eigenvalue weighted by molar-refractivity contribution is 5.68. The summed E-state index contributed by atoms with van der Waals surface area (Å²) in [4.78, 5) is 4.40. The molecule has 2 N–H and O–H groups in total. The van der Waals surface area contributed by atoms with Crippen LogP contribution in [-0.2, 0) is 12.0 Å². The summed E-state index contributed by atoms with van der Waals surface area (Å²) in [6, 6.07) is 2.09. The van der Waals surface area contributed by atoms with Crippen molar-refractivity contribution in [3.8, 4) is 0 Å². The van der Waals surface area contributed by atoms with Crippen LogP contribution in [-0.4, -0.2) is 24.8 Å². The largest absolute Gasteiger partial charge is 0.364 e. The first-order valence-electron chi connectivity index (χ1n) is 6.60. The van der Waals surface area contributed by atoms with Gasteiger partial charge in [0.05, 0.1) is 11.9 Å². The average molecular weight is 270 g/mol. The summed E-state index contributed by atoms with van der Waals surface area (Å²) in [6.45, 7) is 7.14. The molecular formula is C14H18N6. The number of hydrogen-bond donors (Lipinski definition) is 2. The summed E-state index contributed by atoms with van der Waals surface area (Å²) >= 11 is 0. The Kier molecular flexibility index (Phi) is 2.93. The third-order valence-corrected chi connectivity index (χ3v) is 3.17. The quantitative estimate of drug-likeness (QED) is 0.766. The Morgan fingerprint density at radius 3 is 2.90 bits per heavy atom. The number of fused-ring (bicyclic) bond motifs is 1. The molecule has 0 amide bonds. The molecule has 3 aromatic heterocycles. The summed E-state index contributed by atoms with van der Waals surface area (Å²) in [6.07, 6.45) is 7.28. The van der Waals surface area contributed by atoms with Crippen molar-refractivity contribution in [3.05, 3.63) is 42.1 Å².